The number of benzene rings is 2. The predicted molar refractivity (Wildman–Crippen MR) is 117 cm³/mol. The third-order valence-corrected chi connectivity index (χ3v) is 5.67. The van der Waals surface area contributed by atoms with Crippen molar-refractivity contribution in [3.05, 3.63) is 64.9 Å². The van der Waals surface area contributed by atoms with Crippen molar-refractivity contribution >= 4 is 22.7 Å². The number of rotatable bonds is 5. The maximum atomic E-state index is 12.4. The Balaban J connectivity index is 1.25. The second-order valence-corrected chi connectivity index (χ2v) is 7.76. The van der Waals surface area contributed by atoms with E-state index < -0.39 is 5.76 Å². The number of nitrogens with one attached hydrogen (secondary N) is 1. The average molecular weight is 417 g/mol. The Labute approximate surface area is 178 Å². The Bertz CT molecular complexity index is 1280. The van der Waals surface area contributed by atoms with E-state index >= 15 is 0 Å². The van der Waals surface area contributed by atoms with Gasteiger partial charge in [0.05, 0.1) is 5.52 Å². The summed E-state index contributed by atoms with van der Waals surface area (Å²) in [4.78, 5) is 24.4. The minimum absolute atomic E-state index is 0.165. The highest BCUT2D eigenvalue weighted by Crippen LogP contribution is 2.24. The van der Waals surface area contributed by atoms with Gasteiger partial charge in [0.15, 0.2) is 11.4 Å². The monoisotopic (exact) mass is 417 g/mol. The first kappa shape index (κ1) is 19.3. The number of fused-ring (bicyclic) bond motifs is 2. The summed E-state index contributed by atoms with van der Waals surface area (Å²) in [5, 5.41) is 11.6. The number of oxazole rings is 1. The van der Waals surface area contributed by atoms with E-state index in [4.69, 9.17) is 4.42 Å². The van der Waals surface area contributed by atoms with E-state index in [-0.39, 0.29) is 18.9 Å². The lowest BCUT2D eigenvalue weighted by atomic mass is 10.2. The van der Waals surface area contributed by atoms with Crippen LogP contribution in [0.4, 0.5) is 5.69 Å². The van der Waals surface area contributed by atoms with Crippen LogP contribution in [0.2, 0.25) is 0 Å². The van der Waals surface area contributed by atoms with Gasteiger partial charge in [-0.25, -0.2) is 4.79 Å². The number of amides is 1. The Morgan fingerprint density at radius 1 is 1.03 bits per heavy atom. The number of carbonyl (C=O) groups excluding carboxylic acids is 1. The minimum atomic E-state index is -0.453. The second kappa shape index (κ2) is 8.22. The van der Waals surface area contributed by atoms with Crippen LogP contribution in [0, 0.1) is 0 Å². The van der Waals surface area contributed by atoms with Crippen LogP contribution in [0.1, 0.15) is 31.5 Å². The van der Waals surface area contributed by atoms with Gasteiger partial charge >= 0.3 is 5.76 Å². The lowest BCUT2D eigenvalue weighted by Crippen LogP contribution is -2.19. The highest BCUT2D eigenvalue weighted by atomic mass is 16.4. The number of hydrogen-bond donors (Lipinski definition) is 1. The molecule has 0 unspecified atom stereocenters. The van der Waals surface area contributed by atoms with Crippen LogP contribution in [0.15, 0.2) is 57.7 Å². The summed E-state index contributed by atoms with van der Waals surface area (Å²) in [6, 6.07) is 14.8. The molecule has 4 aromatic rings. The van der Waals surface area contributed by atoms with Crippen molar-refractivity contribution in [3.8, 4) is 11.4 Å². The van der Waals surface area contributed by atoms with Crippen LogP contribution in [0.25, 0.3) is 22.5 Å². The first-order valence-corrected chi connectivity index (χ1v) is 10.6. The van der Waals surface area contributed by atoms with E-state index in [1.165, 1.54) is 11.0 Å². The lowest BCUT2D eigenvalue weighted by molar-refractivity contribution is -0.116. The summed E-state index contributed by atoms with van der Waals surface area (Å²) in [6.07, 6.45) is 4.65. The van der Waals surface area contributed by atoms with Gasteiger partial charge in [0, 0.05) is 37.2 Å². The Kier molecular flexibility index (Phi) is 5.11. The van der Waals surface area contributed by atoms with E-state index in [9.17, 15) is 9.59 Å². The molecule has 0 fully saturated rings. The maximum Gasteiger partial charge on any atom is 0.419 e. The molecule has 2 aromatic heterocycles. The summed E-state index contributed by atoms with van der Waals surface area (Å²) in [6.45, 7) is 1.20. The first-order valence-electron chi connectivity index (χ1n) is 10.6. The zero-order chi connectivity index (χ0) is 21.2. The summed E-state index contributed by atoms with van der Waals surface area (Å²) >= 11 is 0. The van der Waals surface area contributed by atoms with Crippen molar-refractivity contribution in [2.45, 2.75) is 45.2 Å². The molecular formula is C23H23N5O3. The van der Waals surface area contributed by atoms with Crippen molar-refractivity contribution in [2.75, 3.05) is 5.32 Å². The van der Waals surface area contributed by atoms with Gasteiger partial charge in [0.1, 0.15) is 5.82 Å². The number of aromatic nitrogens is 4. The van der Waals surface area contributed by atoms with Crippen molar-refractivity contribution in [2.24, 2.45) is 0 Å². The normalized spacial score (nSPS) is 13.7. The minimum Gasteiger partial charge on any atom is -0.408 e. The standard InChI is InChI=1S/C23H23N5O3/c29-21(13-15-27-18-6-3-4-7-19(18)31-23(27)30)24-17-11-9-16(10-12-17)22-26-25-20-8-2-1-5-14-28(20)22/h3-4,6-7,9-12H,1-2,5,8,13-15H2,(H,24,29). The molecule has 1 N–H and O–H groups in total. The van der Waals surface area contributed by atoms with Crippen LogP contribution < -0.4 is 11.1 Å². The van der Waals surface area contributed by atoms with Gasteiger partial charge in [-0.05, 0) is 49.2 Å². The van der Waals surface area contributed by atoms with E-state index in [0.29, 0.717) is 16.8 Å². The lowest BCUT2D eigenvalue weighted by Gasteiger charge is -2.09. The van der Waals surface area contributed by atoms with Gasteiger partial charge in [-0.3, -0.25) is 9.36 Å². The molecule has 0 aliphatic carbocycles. The Morgan fingerprint density at radius 3 is 2.74 bits per heavy atom. The topological polar surface area (TPSA) is 94.9 Å². The third kappa shape index (κ3) is 3.88. The van der Waals surface area contributed by atoms with Crippen molar-refractivity contribution < 1.29 is 9.21 Å². The fourth-order valence-corrected chi connectivity index (χ4v) is 4.06. The fraction of sp³-hybridized carbons (Fsp3) is 0.304. The van der Waals surface area contributed by atoms with Crippen molar-refractivity contribution in [1.29, 1.82) is 0 Å². The van der Waals surface area contributed by atoms with Crippen molar-refractivity contribution in [1.82, 2.24) is 19.3 Å². The average Bonchev–Trinajstić information content (AvgIpc) is 3.23. The third-order valence-electron chi connectivity index (χ3n) is 5.67. The summed E-state index contributed by atoms with van der Waals surface area (Å²) in [5.74, 6) is 1.31. The molecule has 0 saturated heterocycles. The van der Waals surface area contributed by atoms with Crippen LogP contribution >= 0.6 is 0 Å². The van der Waals surface area contributed by atoms with Gasteiger partial charge in [-0.15, -0.1) is 10.2 Å². The molecule has 0 radical (unpaired) electrons. The number of carbonyl (C=O) groups is 1. The molecule has 158 valence electrons. The molecule has 2 aromatic carbocycles. The van der Waals surface area contributed by atoms with Gasteiger partial charge in [0.25, 0.3) is 0 Å². The van der Waals surface area contributed by atoms with Gasteiger partial charge in [-0.2, -0.15) is 0 Å². The molecule has 1 amide bonds. The zero-order valence-electron chi connectivity index (χ0n) is 17.1. The first-order chi connectivity index (χ1) is 15.2. The van der Waals surface area contributed by atoms with Crippen LogP contribution in [-0.4, -0.2) is 25.2 Å². The smallest absolute Gasteiger partial charge is 0.408 e. The Morgan fingerprint density at radius 2 is 1.87 bits per heavy atom. The highest BCUT2D eigenvalue weighted by molar-refractivity contribution is 5.91. The van der Waals surface area contributed by atoms with Gasteiger partial charge < -0.3 is 14.3 Å². The molecule has 31 heavy (non-hydrogen) atoms. The largest absolute Gasteiger partial charge is 0.419 e. The van der Waals surface area contributed by atoms with E-state index in [1.807, 2.05) is 42.5 Å². The molecule has 0 spiro atoms. The Hall–Kier alpha value is -3.68. The quantitative estimate of drug-likeness (QED) is 0.535. The zero-order valence-corrected chi connectivity index (χ0v) is 17.1. The predicted octanol–water partition coefficient (Wildman–Crippen LogP) is 3.61. The van der Waals surface area contributed by atoms with Crippen LogP contribution in [0.3, 0.4) is 0 Å². The van der Waals surface area contributed by atoms with Gasteiger partial charge in [0.2, 0.25) is 5.91 Å². The van der Waals surface area contributed by atoms with Gasteiger partial charge in [-0.1, -0.05) is 18.6 Å². The number of aryl methyl sites for hydroxylation is 2. The molecule has 1 aliphatic rings. The molecule has 1 aliphatic heterocycles. The number of nitrogens with zero attached hydrogens (tertiary/aromatic N) is 4. The van der Waals surface area contributed by atoms with E-state index in [0.717, 1.165) is 43.0 Å². The highest BCUT2D eigenvalue weighted by Gasteiger charge is 2.16. The molecule has 0 bridgehead atoms. The molecule has 3 heterocycles. The number of para-hydroxylation sites is 2. The fourth-order valence-electron chi connectivity index (χ4n) is 4.06. The second-order valence-electron chi connectivity index (χ2n) is 7.76. The molecule has 5 rings (SSSR count). The SMILES string of the molecule is O=C(CCn1c(=O)oc2ccccc21)Nc1ccc(-c2nnc3n2CCCCC3)cc1. The summed E-state index contributed by atoms with van der Waals surface area (Å²) in [7, 11) is 0. The molecule has 8 nitrogen and oxygen atoms in total. The number of anilines is 1. The van der Waals surface area contributed by atoms with Crippen molar-refractivity contribution in [3.63, 3.8) is 0 Å². The van der Waals surface area contributed by atoms with Crippen LogP contribution in [-0.2, 0) is 24.3 Å². The maximum absolute atomic E-state index is 12.4. The molecule has 0 saturated carbocycles. The molecule has 8 heteroatoms. The summed E-state index contributed by atoms with van der Waals surface area (Å²) < 4.78 is 8.89. The molecular weight excluding hydrogens is 394 g/mol. The van der Waals surface area contributed by atoms with E-state index in [1.54, 1.807) is 6.07 Å². The molecule has 0 atom stereocenters. The summed E-state index contributed by atoms with van der Waals surface area (Å²) in [5.41, 5.74) is 2.90. The van der Waals surface area contributed by atoms with E-state index in [2.05, 4.69) is 20.1 Å². The van der Waals surface area contributed by atoms with Crippen LogP contribution in [0.5, 0.6) is 0 Å². The number of hydrogen-bond acceptors (Lipinski definition) is 5.